The zero-order valence-electron chi connectivity index (χ0n) is 18.4. The lowest BCUT2D eigenvalue weighted by Crippen LogP contribution is -2.38. The van der Waals surface area contributed by atoms with Crippen LogP contribution in [0.15, 0.2) is 36.4 Å². The van der Waals surface area contributed by atoms with Gasteiger partial charge in [0.25, 0.3) is 5.91 Å². The zero-order chi connectivity index (χ0) is 22.7. The van der Waals surface area contributed by atoms with Gasteiger partial charge >= 0.3 is 0 Å². The van der Waals surface area contributed by atoms with E-state index in [1.807, 2.05) is 36.1 Å². The van der Waals surface area contributed by atoms with Crippen molar-refractivity contribution in [1.29, 1.82) is 0 Å². The molecule has 0 saturated carbocycles. The van der Waals surface area contributed by atoms with Crippen molar-refractivity contribution in [3.8, 4) is 11.4 Å². The van der Waals surface area contributed by atoms with Crippen LogP contribution in [0.2, 0.25) is 5.02 Å². The van der Waals surface area contributed by atoms with Crippen molar-refractivity contribution in [2.75, 3.05) is 32.5 Å². The Labute approximate surface area is 192 Å². The van der Waals surface area contributed by atoms with E-state index in [2.05, 4.69) is 27.3 Å². The first-order chi connectivity index (χ1) is 15.5. The third kappa shape index (κ3) is 4.79. The second-order valence-electron chi connectivity index (χ2n) is 8.24. The minimum absolute atomic E-state index is 0.0234. The predicted octanol–water partition coefficient (Wildman–Crippen LogP) is 4.22. The molecule has 1 aliphatic heterocycles. The summed E-state index contributed by atoms with van der Waals surface area (Å²) in [5, 5.41) is 8.90. The van der Waals surface area contributed by atoms with Gasteiger partial charge < -0.3 is 20.4 Å². The molecule has 2 aromatic carbocycles. The smallest absolute Gasteiger partial charge is 0.254 e. The van der Waals surface area contributed by atoms with E-state index in [0.717, 1.165) is 43.0 Å². The van der Waals surface area contributed by atoms with Crippen LogP contribution in [0.25, 0.3) is 11.4 Å². The maximum Gasteiger partial charge on any atom is 0.254 e. The van der Waals surface area contributed by atoms with Crippen LogP contribution in [0.4, 0.5) is 5.69 Å². The summed E-state index contributed by atoms with van der Waals surface area (Å²) in [6.45, 7) is 3.89. The van der Waals surface area contributed by atoms with Crippen molar-refractivity contribution in [2.45, 2.75) is 32.1 Å². The van der Waals surface area contributed by atoms with Crippen molar-refractivity contribution in [3.63, 3.8) is 0 Å². The summed E-state index contributed by atoms with van der Waals surface area (Å²) in [5.74, 6) is 1.74. The summed E-state index contributed by atoms with van der Waals surface area (Å²) < 4.78 is 5.09. The number of benzene rings is 2. The highest BCUT2D eigenvalue weighted by Crippen LogP contribution is 2.32. The molecule has 1 amide bonds. The first kappa shape index (κ1) is 22.3. The first-order valence-corrected chi connectivity index (χ1v) is 11.2. The topological polar surface area (TPSA) is 97.1 Å². The molecule has 3 aromatic rings. The van der Waals surface area contributed by atoms with Crippen LogP contribution in [0.1, 0.15) is 46.1 Å². The summed E-state index contributed by atoms with van der Waals surface area (Å²) in [4.78, 5) is 18.5. The van der Waals surface area contributed by atoms with Crippen LogP contribution in [0.5, 0.6) is 0 Å². The van der Waals surface area contributed by atoms with Gasteiger partial charge in [-0.05, 0) is 61.1 Å². The largest absolute Gasteiger partial charge is 0.399 e. The van der Waals surface area contributed by atoms with E-state index >= 15 is 0 Å². The second kappa shape index (κ2) is 9.71. The van der Waals surface area contributed by atoms with Gasteiger partial charge in [0.1, 0.15) is 5.82 Å². The van der Waals surface area contributed by atoms with Crippen molar-refractivity contribution < 1.29 is 9.53 Å². The third-order valence-corrected chi connectivity index (χ3v) is 6.38. The highest BCUT2D eigenvalue weighted by Gasteiger charge is 2.26. The number of carbonyl (C=O) groups is 1. The van der Waals surface area contributed by atoms with E-state index in [9.17, 15) is 4.79 Å². The molecule has 1 aromatic heterocycles. The van der Waals surface area contributed by atoms with E-state index in [1.165, 1.54) is 5.56 Å². The summed E-state index contributed by atoms with van der Waals surface area (Å²) in [7, 11) is 1.64. The second-order valence-corrected chi connectivity index (χ2v) is 8.65. The molecule has 1 aliphatic rings. The number of halogens is 1. The summed E-state index contributed by atoms with van der Waals surface area (Å²) in [6, 6.07) is 11.7. The standard InChI is InChI=1S/C24H28ClN5O2/c1-15-13-21(25)20(23-27-22(28-29-23)9-12-32-2)14-19(15)24(31)30-10-7-17(8-11-30)16-3-5-18(26)6-4-16/h3-6,13-14,17H,7-12,26H2,1-2H3,(H,27,28,29). The van der Waals surface area contributed by atoms with Crippen LogP contribution >= 0.6 is 11.6 Å². The molecule has 0 spiro atoms. The van der Waals surface area contributed by atoms with Crippen LogP contribution in [0.3, 0.4) is 0 Å². The van der Waals surface area contributed by atoms with Gasteiger partial charge in [-0.2, -0.15) is 0 Å². The van der Waals surface area contributed by atoms with Crippen molar-refractivity contribution in [1.82, 2.24) is 20.1 Å². The molecule has 0 unspecified atom stereocenters. The van der Waals surface area contributed by atoms with E-state index < -0.39 is 0 Å². The highest BCUT2D eigenvalue weighted by atomic mass is 35.5. The number of H-pyrrole nitrogens is 1. The molecule has 3 N–H and O–H groups in total. The van der Waals surface area contributed by atoms with E-state index in [4.69, 9.17) is 22.1 Å². The Bertz CT molecular complexity index is 1090. The number of likely N-dealkylation sites (tertiary alicyclic amines) is 1. The molecule has 1 saturated heterocycles. The lowest BCUT2D eigenvalue weighted by atomic mass is 9.89. The number of aromatic amines is 1. The number of amides is 1. The number of ether oxygens (including phenoxy) is 1. The van der Waals surface area contributed by atoms with Gasteiger partial charge in [-0.25, -0.2) is 0 Å². The number of hydrogen-bond donors (Lipinski definition) is 2. The normalized spacial score (nSPS) is 14.7. The van der Waals surface area contributed by atoms with E-state index in [0.29, 0.717) is 40.9 Å². The lowest BCUT2D eigenvalue weighted by Gasteiger charge is -2.32. The first-order valence-electron chi connectivity index (χ1n) is 10.8. The number of nitrogens with two attached hydrogens (primary N) is 1. The van der Waals surface area contributed by atoms with E-state index in [1.54, 1.807) is 7.11 Å². The Morgan fingerprint density at radius 3 is 2.62 bits per heavy atom. The molecule has 1 fully saturated rings. The number of methoxy groups -OCH3 is 1. The lowest BCUT2D eigenvalue weighted by molar-refractivity contribution is 0.0712. The molecule has 0 aliphatic carbocycles. The number of hydrogen-bond acceptors (Lipinski definition) is 5. The quantitative estimate of drug-likeness (QED) is 0.544. The van der Waals surface area contributed by atoms with Crippen molar-refractivity contribution >= 4 is 23.2 Å². The third-order valence-electron chi connectivity index (χ3n) is 6.07. The Kier molecular flexibility index (Phi) is 6.77. The predicted molar refractivity (Wildman–Crippen MR) is 126 cm³/mol. The highest BCUT2D eigenvalue weighted by molar-refractivity contribution is 6.33. The Morgan fingerprint density at radius 1 is 1.22 bits per heavy atom. The fourth-order valence-corrected chi connectivity index (χ4v) is 4.48. The molecular weight excluding hydrogens is 426 g/mol. The number of carbonyl (C=O) groups excluding carboxylic acids is 1. The number of aryl methyl sites for hydroxylation is 1. The minimum Gasteiger partial charge on any atom is -0.399 e. The monoisotopic (exact) mass is 453 g/mol. The van der Waals surface area contributed by atoms with Gasteiger partial charge in [-0.3, -0.25) is 4.79 Å². The van der Waals surface area contributed by atoms with Gasteiger partial charge in [-0.1, -0.05) is 23.7 Å². The number of rotatable bonds is 6. The minimum atomic E-state index is 0.0234. The summed E-state index contributed by atoms with van der Waals surface area (Å²) in [5.41, 5.74) is 10.0. The Morgan fingerprint density at radius 2 is 1.94 bits per heavy atom. The molecule has 168 valence electrons. The van der Waals surface area contributed by atoms with Crippen molar-refractivity contribution in [3.05, 3.63) is 63.9 Å². The number of aromatic nitrogens is 3. The van der Waals surface area contributed by atoms with Crippen LogP contribution in [0, 0.1) is 6.92 Å². The molecule has 8 heteroatoms. The van der Waals surface area contributed by atoms with Crippen molar-refractivity contribution in [2.24, 2.45) is 0 Å². The Hall–Kier alpha value is -2.90. The molecule has 4 rings (SSSR count). The number of nitrogen functional groups attached to an aromatic ring is 1. The zero-order valence-corrected chi connectivity index (χ0v) is 19.2. The number of piperidine rings is 1. The van der Waals surface area contributed by atoms with Gasteiger partial charge in [-0.15, -0.1) is 10.2 Å². The average Bonchev–Trinajstić information content (AvgIpc) is 3.27. The molecular formula is C24H28ClN5O2. The van der Waals surface area contributed by atoms with Gasteiger partial charge in [0.15, 0.2) is 5.82 Å². The SMILES string of the molecule is COCCc1nnc(-c2cc(C(=O)N3CCC(c4ccc(N)cc4)CC3)c(C)cc2Cl)[nH]1. The molecule has 32 heavy (non-hydrogen) atoms. The number of anilines is 1. The maximum absolute atomic E-state index is 13.4. The molecule has 0 bridgehead atoms. The summed E-state index contributed by atoms with van der Waals surface area (Å²) >= 11 is 6.49. The Balaban J connectivity index is 1.49. The van der Waals surface area contributed by atoms with Gasteiger partial charge in [0, 0.05) is 43.4 Å². The molecule has 7 nitrogen and oxygen atoms in total. The number of nitrogens with one attached hydrogen (secondary N) is 1. The average molecular weight is 454 g/mol. The maximum atomic E-state index is 13.4. The van der Waals surface area contributed by atoms with Crippen LogP contribution in [-0.4, -0.2) is 52.8 Å². The van der Waals surface area contributed by atoms with E-state index in [-0.39, 0.29) is 5.91 Å². The van der Waals surface area contributed by atoms with Crippen LogP contribution < -0.4 is 5.73 Å². The summed E-state index contributed by atoms with van der Waals surface area (Å²) in [6.07, 6.45) is 2.49. The van der Waals surface area contributed by atoms with Crippen LogP contribution in [-0.2, 0) is 11.2 Å². The van der Waals surface area contributed by atoms with Gasteiger partial charge in [0.05, 0.1) is 11.6 Å². The fraction of sp³-hybridized carbons (Fsp3) is 0.375. The van der Waals surface area contributed by atoms with Gasteiger partial charge in [0.2, 0.25) is 0 Å². The molecule has 0 radical (unpaired) electrons. The number of nitrogens with zero attached hydrogens (tertiary/aromatic N) is 3. The fourth-order valence-electron chi connectivity index (χ4n) is 4.17. The molecule has 2 heterocycles. The molecule has 0 atom stereocenters.